The molecule has 0 amide bonds. The molecule has 0 aliphatic rings. The van der Waals surface area contributed by atoms with Gasteiger partial charge in [-0.05, 0) is 12.8 Å². The van der Waals surface area contributed by atoms with Crippen LogP contribution in [-0.2, 0) is 9.59 Å². The van der Waals surface area contributed by atoms with Crippen LogP contribution in [0, 0.1) is 0 Å². The fraction of sp³-hybridized carbons (Fsp3) is 0.667. The summed E-state index contributed by atoms with van der Waals surface area (Å²) < 4.78 is 0. The van der Waals surface area contributed by atoms with Crippen LogP contribution in [0.15, 0.2) is 0 Å². The third-order valence-electron chi connectivity index (χ3n) is 1.22. The van der Waals surface area contributed by atoms with Gasteiger partial charge in [0.1, 0.15) is 6.04 Å². The minimum Gasteiger partial charge on any atom is -0.481 e. The van der Waals surface area contributed by atoms with Crippen LogP contribution in [0.25, 0.3) is 0 Å². The number of nitrogens with two attached hydrogens (primary N) is 1. The number of carbonyl (C=O) groups is 2. The Morgan fingerprint density at radius 1 is 1.33 bits per heavy atom. The van der Waals surface area contributed by atoms with Crippen molar-refractivity contribution >= 4 is 24.3 Å². The Morgan fingerprint density at radius 2 is 1.83 bits per heavy atom. The molecule has 0 radical (unpaired) electrons. The van der Waals surface area contributed by atoms with Gasteiger partial charge in [-0.25, -0.2) is 0 Å². The largest absolute Gasteiger partial charge is 0.481 e. The first-order valence-corrected chi connectivity index (χ1v) is 3.24. The second-order valence-corrected chi connectivity index (χ2v) is 2.23. The Hall–Kier alpha value is -0.810. The average molecular weight is 198 g/mol. The molecular formula is C6H12ClNO4. The first kappa shape index (κ1) is 13.8. The minimum atomic E-state index is -1.09. The van der Waals surface area contributed by atoms with Gasteiger partial charge in [0.05, 0.1) is 0 Å². The van der Waals surface area contributed by atoms with E-state index in [4.69, 9.17) is 15.9 Å². The van der Waals surface area contributed by atoms with Crippen LogP contribution < -0.4 is 5.73 Å². The Balaban J connectivity index is 0. The van der Waals surface area contributed by atoms with Gasteiger partial charge in [0.15, 0.2) is 0 Å². The van der Waals surface area contributed by atoms with E-state index in [0.717, 1.165) is 0 Å². The lowest BCUT2D eigenvalue weighted by atomic mass is 10.1. The van der Waals surface area contributed by atoms with Gasteiger partial charge in [-0.15, -0.1) is 12.4 Å². The van der Waals surface area contributed by atoms with Gasteiger partial charge in [-0.2, -0.15) is 0 Å². The van der Waals surface area contributed by atoms with Crippen molar-refractivity contribution in [2.45, 2.75) is 25.3 Å². The maximum atomic E-state index is 10.1. The van der Waals surface area contributed by atoms with Crippen molar-refractivity contribution in [2.24, 2.45) is 5.73 Å². The average Bonchev–Trinajstić information content (AvgIpc) is 1.86. The van der Waals surface area contributed by atoms with Crippen LogP contribution >= 0.6 is 12.4 Å². The molecule has 0 aromatic heterocycles. The molecule has 0 saturated carbocycles. The zero-order chi connectivity index (χ0) is 8.85. The zero-order valence-electron chi connectivity index (χ0n) is 6.40. The molecule has 0 spiro atoms. The van der Waals surface area contributed by atoms with Crippen LogP contribution in [-0.4, -0.2) is 28.2 Å². The molecule has 12 heavy (non-hydrogen) atoms. The molecule has 0 aromatic carbocycles. The molecule has 0 saturated heterocycles. The maximum Gasteiger partial charge on any atom is 0.320 e. The highest BCUT2D eigenvalue weighted by Crippen LogP contribution is 1.98. The molecule has 0 bridgehead atoms. The van der Waals surface area contributed by atoms with Gasteiger partial charge in [-0.1, -0.05) is 0 Å². The number of carboxylic acid groups (broad SMARTS) is 2. The highest BCUT2D eigenvalue weighted by Gasteiger charge is 2.10. The lowest BCUT2D eigenvalue weighted by Gasteiger charge is -2.02. The molecule has 5 nitrogen and oxygen atoms in total. The van der Waals surface area contributed by atoms with Gasteiger partial charge in [0.25, 0.3) is 0 Å². The fourth-order valence-electron chi connectivity index (χ4n) is 0.597. The Labute approximate surface area is 76.0 Å². The van der Waals surface area contributed by atoms with Crippen LogP contribution in [0.3, 0.4) is 0 Å². The molecule has 1 atom stereocenters. The number of halogens is 1. The molecule has 0 unspecified atom stereocenters. The highest BCUT2D eigenvalue weighted by molar-refractivity contribution is 5.85. The second-order valence-electron chi connectivity index (χ2n) is 2.23. The van der Waals surface area contributed by atoms with Crippen molar-refractivity contribution in [1.29, 1.82) is 0 Å². The summed E-state index contributed by atoms with van der Waals surface area (Å²) in [5.74, 6) is -2.02. The van der Waals surface area contributed by atoms with Gasteiger partial charge in [-0.3, -0.25) is 9.59 Å². The molecule has 0 aliphatic heterocycles. The van der Waals surface area contributed by atoms with Crippen molar-refractivity contribution in [3.8, 4) is 0 Å². The normalized spacial score (nSPS) is 11.4. The second kappa shape index (κ2) is 6.87. The zero-order valence-corrected chi connectivity index (χ0v) is 7.21. The van der Waals surface area contributed by atoms with E-state index in [1.807, 2.05) is 0 Å². The first-order valence-electron chi connectivity index (χ1n) is 3.24. The summed E-state index contributed by atoms with van der Waals surface area (Å²) in [4.78, 5) is 20.1. The molecule has 0 aliphatic carbocycles. The van der Waals surface area contributed by atoms with Crippen molar-refractivity contribution in [2.75, 3.05) is 0 Å². The van der Waals surface area contributed by atoms with E-state index >= 15 is 0 Å². The van der Waals surface area contributed by atoms with E-state index in [-0.39, 0.29) is 25.2 Å². The first-order chi connectivity index (χ1) is 5.04. The van der Waals surface area contributed by atoms with Crippen molar-refractivity contribution in [3.63, 3.8) is 0 Å². The predicted octanol–water partition coefficient (Wildman–Crippen LogP) is 0.0750. The summed E-state index contributed by atoms with van der Waals surface area (Å²) in [6.07, 6.45) is 0.491. The van der Waals surface area contributed by atoms with E-state index in [2.05, 4.69) is 0 Å². The number of aliphatic carboxylic acids is 2. The smallest absolute Gasteiger partial charge is 0.320 e. The van der Waals surface area contributed by atoms with E-state index in [0.29, 0.717) is 6.42 Å². The van der Waals surface area contributed by atoms with Gasteiger partial charge in [0, 0.05) is 6.42 Å². The van der Waals surface area contributed by atoms with E-state index in [1.165, 1.54) is 0 Å². The van der Waals surface area contributed by atoms with Crippen LogP contribution in [0.2, 0.25) is 0 Å². The van der Waals surface area contributed by atoms with Crippen molar-refractivity contribution in [1.82, 2.24) is 0 Å². The third kappa shape index (κ3) is 7.30. The quantitative estimate of drug-likeness (QED) is 0.579. The van der Waals surface area contributed by atoms with Gasteiger partial charge in [0.2, 0.25) is 0 Å². The molecule has 0 fully saturated rings. The molecule has 0 aromatic rings. The maximum absolute atomic E-state index is 10.1. The molecular weight excluding hydrogens is 186 g/mol. The van der Waals surface area contributed by atoms with Gasteiger partial charge < -0.3 is 15.9 Å². The van der Waals surface area contributed by atoms with E-state index < -0.39 is 18.0 Å². The van der Waals surface area contributed by atoms with Crippen LogP contribution in [0.1, 0.15) is 19.3 Å². The Bertz CT molecular complexity index is 162. The number of hydrogen-bond donors (Lipinski definition) is 3. The van der Waals surface area contributed by atoms with Crippen molar-refractivity contribution < 1.29 is 19.8 Å². The standard InChI is InChI=1S/C6H11NO4.ClH/c7-4(6(10)11)2-1-3-5(8)9;/h4H,1-3,7H2,(H,8,9)(H,10,11);1H/t4-;/m1./s1. The number of rotatable bonds is 5. The lowest BCUT2D eigenvalue weighted by Crippen LogP contribution is -2.29. The topological polar surface area (TPSA) is 101 Å². The predicted molar refractivity (Wildman–Crippen MR) is 44.3 cm³/mol. The summed E-state index contributed by atoms with van der Waals surface area (Å²) in [7, 11) is 0. The Kier molecular flexibility index (Phi) is 7.88. The molecule has 0 heterocycles. The van der Waals surface area contributed by atoms with Crippen molar-refractivity contribution in [3.05, 3.63) is 0 Å². The third-order valence-corrected chi connectivity index (χ3v) is 1.22. The molecule has 4 N–H and O–H groups in total. The molecule has 6 heteroatoms. The summed E-state index contributed by atoms with van der Waals surface area (Å²) in [5.41, 5.74) is 5.11. The van der Waals surface area contributed by atoms with E-state index in [9.17, 15) is 9.59 Å². The number of hydrogen-bond acceptors (Lipinski definition) is 3. The number of carboxylic acids is 2. The monoisotopic (exact) mass is 197 g/mol. The summed E-state index contributed by atoms with van der Waals surface area (Å²) in [6, 6.07) is -0.936. The highest BCUT2D eigenvalue weighted by atomic mass is 35.5. The van der Waals surface area contributed by atoms with E-state index in [1.54, 1.807) is 0 Å². The van der Waals surface area contributed by atoms with Gasteiger partial charge >= 0.3 is 11.9 Å². The minimum absolute atomic E-state index is 0. The Morgan fingerprint density at radius 3 is 2.17 bits per heavy atom. The van der Waals surface area contributed by atoms with Crippen LogP contribution in [0.4, 0.5) is 0 Å². The SMILES string of the molecule is Cl.N[C@H](CCCC(=O)O)C(=O)O. The van der Waals surface area contributed by atoms with Crippen LogP contribution in [0.5, 0.6) is 0 Å². The fourth-order valence-corrected chi connectivity index (χ4v) is 0.597. The molecule has 0 rings (SSSR count). The summed E-state index contributed by atoms with van der Waals surface area (Å²) >= 11 is 0. The summed E-state index contributed by atoms with van der Waals surface area (Å²) in [5, 5.41) is 16.5. The molecule has 72 valence electrons. The summed E-state index contributed by atoms with van der Waals surface area (Å²) in [6.45, 7) is 0. The lowest BCUT2D eigenvalue weighted by molar-refractivity contribution is -0.140.